The summed E-state index contributed by atoms with van der Waals surface area (Å²) in [5, 5.41) is 5.79. The number of carbonyl (C=O) groups excluding carboxylic acids is 2. The molecule has 1 amide bonds. The standard InChI is InChI=1S/C21H15NO4/c1-25-21(24)14-6-9-15(10-7-14)22-20(23)19-12-17-16-5-3-2-4-13(16)8-11-18(17)26-19/h2-12H,1H3,(H,22,23). The number of nitrogens with one attached hydrogen (secondary N) is 1. The largest absolute Gasteiger partial charge is 0.465 e. The van der Waals surface area contributed by atoms with Gasteiger partial charge in [-0.2, -0.15) is 0 Å². The predicted molar refractivity (Wildman–Crippen MR) is 99.5 cm³/mol. The van der Waals surface area contributed by atoms with Crippen LogP contribution >= 0.6 is 0 Å². The average molecular weight is 345 g/mol. The number of carbonyl (C=O) groups is 2. The summed E-state index contributed by atoms with van der Waals surface area (Å²) in [5.74, 6) is -0.545. The Morgan fingerprint density at radius 1 is 0.923 bits per heavy atom. The topological polar surface area (TPSA) is 68.5 Å². The summed E-state index contributed by atoms with van der Waals surface area (Å²) in [5.41, 5.74) is 1.64. The lowest BCUT2D eigenvalue weighted by Gasteiger charge is -2.04. The highest BCUT2D eigenvalue weighted by Gasteiger charge is 2.14. The van der Waals surface area contributed by atoms with Gasteiger partial charge in [-0.05, 0) is 47.2 Å². The Kier molecular flexibility index (Phi) is 3.89. The fraction of sp³-hybridized carbons (Fsp3) is 0.0476. The van der Waals surface area contributed by atoms with Crippen LogP contribution in [0.25, 0.3) is 21.7 Å². The first kappa shape index (κ1) is 15.9. The number of ether oxygens (including phenoxy) is 1. The normalized spacial score (nSPS) is 10.8. The molecule has 0 bridgehead atoms. The highest BCUT2D eigenvalue weighted by molar-refractivity contribution is 6.10. The third-order valence-electron chi connectivity index (χ3n) is 4.21. The van der Waals surface area contributed by atoms with E-state index in [4.69, 9.17) is 4.42 Å². The number of anilines is 1. The molecule has 0 radical (unpaired) electrons. The molecule has 0 saturated heterocycles. The van der Waals surface area contributed by atoms with Crippen LogP contribution in [0.5, 0.6) is 0 Å². The molecule has 1 aromatic heterocycles. The molecule has 0 fully saturated rings. The van der Waals surface area contributed by atoms with Crippen LogP contribution in [0.4, 0.5) is 5.69 Å². The number of esters is 1. The van der Waals surface area contributed by atoms with Crippen LogP contribution in [0.3, 0.4) is 0 Å². The van der Waals surface area contributed by atoms with Gasteiger partial charge in [-0.15, -0.1) is 0 Å². The first-order valence-electron chi connectivity index (χ1n) is 8.07. The molecule has 5 heteroatoms. The number of amides is 1. The first-order valence-corrected chi connectivity index (χ1v) is 8.07. The van der Waals surface area contributed by atoms with Crippen molar-refractivity contribution in [1.29, 1.82) is 0 Å². The van der Waals surface area contributed by atoms with Crippen molar-refractivity contribution in [3.63, 3.8) is 0 Å². The van der Waals surface area contributed by atoms with Crippen molar-refractivity contribution in [2.45, 2.75) is 0 Å². The number of methoxy groups -OCH3 is 1. The third-order valence-corrected chi connectivity index (χ3v) is 4.21. The van der Waals surface area contributed by atoms with E-state index in [2.05, 4.69) is 10.1 Å². The first-order chi connectivity index (χ1) is 12.7. The number of fused-ring (bicyclic) bond motifs is 3. The van der Waals surface area contributed by atoms with Gasteiger partial charge in [-0.1, -0.05) is 30.3 Å². The Labute approximate surface area is 149 Å². The lowest BCUT2D eigenvalue weighted by molar-refractivity contribution is 0.0600. The van der Waals surface area contributed by atoms with Gasteiger partial charge in [0.25, 0.3) is 5.91 Å². The maximum Gasteiger partial charge on any atom is 0.337 e. The molecular weight excluding hydrogens is 330 g/mol. The maximum atomic E-state index is 12.5. The smallest absolute Gasteiger partial charge is 0.337 e. The highest BCUT2D eigenvalue weighted by atomic mass is 16.5. The molecule has 0 aliphatic rings. The van der Waals surface area contributed by atoms with Crippen molar-refractivity contribution in [2.75, 3.05) is 12.4 Å². The van der Waals surface area contributed by atoms with E-state index in [9.17, 15) is 9.59 Å². The predicted octanol–water partition coefficient (Wildman–Crippen LogP) is 4.62. The molecule has 0 unspecified atom stereocenters. The SMILES string of the molecule is COC(=O)c1ccc(NC(=O)c2cc3c(ccc4ccccc43)o2)cc1. The van der Waals surface area contributed by atoms with Gasteiger partial charge in [0.1, 0.15) is 5.58 Å². The van der Waals surface area contributed by atoms with E-state index in [0.717, 1.165) is 16.2 Å². The minimum Gasteiger partial charge on any atom is -0.465 e. The van der Waals surface area contributed by atoms with Crippen LogP contribution < -0.4 is 5.32 Å². The maximum absolute atomic E-state index is 12.5. The van der Waals surface area contributed by atoms with E-state index in [1.54, 1.807) is 30.3 Å². The van der Waals surface area contributed by atoms with Gasteiger partial charge in [0.05, 0.1) is 12.7 Å². The minimum absolute atomic E-state index is 0.230. The molecule has 0 aliphatic carbocycles. The Morgan fingerprint density at radius 3 is 2.46 bits per heavy atom. The molecular formula is C21H15NO4. The van der Waals surface area contributed by atoms with Gasteiger partial charge in [-0.3, -0.25) is 4.79 Å². The average Bonchev–Trinajstić information content (AvgIpc) is 3.13. The van der Waals surface area contributed by atoms with Gasteiger partial charge in [0.15, 0.2) is 5.76 Å². The van der Waals surface area contributed by atoms with E-state index >= 15 is 0 Å². The van der Waals surface area contributed by atoms with Gasteiger partial charge < -0.3 is 14.5 Å². The number of benzene rings is 3. The summed E-state index contributed by atoms with van der Waals surface area (Å²) in [4.78, 5) is 23.9. The van der Waals surface area contributed by atoms with Crippen LogP contribution in [-0.2, 0) is 4.74 Å². The fourth-order valence-electron chi connectivity index (χ4n) is 2.90. The van der Waals surface area contributed by atoms with Crippen LogP contribution in [0, 0.1) is 0 Å². The molecule has 4 rings (SSSR count). The number of furan rings is 1. The molecule has 4 aromatic rings. The van der Waals surface area contributed by atoms with Crippen LogP contribution in [-0.4, -0.2) is 19.0 Å². The molecule has 0 atom stereocenters. The van der Waals surface area contributed by atoms with Gasteiger partial charge in [-0.25, -0.2) is 4.79 Å². The number of hydrogen-bond donors (Lipinski definition) is 1. The van der Waals surface area contributed by atoms with Crippen molar-refractivity contribution >= 4 is 39.3 Å². The zero-order valence-electron chi connectivity index (χ0n) is 14.0. The van der Waals surface area contributed by atoms with Gasteiger partial charge >= 0.3 is 5.97 Å². The summed E-state index contributed by atoms with van der Waals surface area (Å²) in [6.07, 6.45) is 0. The van der Waals surface area contributed by atoms with Crippen molar-refractivity contribution in [3.05, 3.63) is 78.1 Å². The van der Waals surface area contributed by atoms with Gasteiger partial charge in [0.2, 0.25) is 0 Å². The summed E-state index contributed by atoms with van der Waals surface area (Å²) >= 11 is 0. The van der Waals surface area contributed by atoms with E-state index in [0.29, 0.717) is 16.8 Å². The molecule has 5 nitrogen and oxygen atoms in total. The fourth-order valence-corrected chi connectivity index (χ4v) is 2.90. The summed E-state index contributed by atoms with van der Waals surface area (Å²) in [6.45, 7) is 0. The zero-order chi connectivity index (χ0) is 18.1. The van der Waals surface area contributed by atoms with E-state index in [-0.39, 0.29) is 11.7 Å². The second kappa shape index (κ2) is 6.37. The Hall–Kier alpha value is -3.60. The summed E-state index contributed by atoms with van der Waals surface area (Å²) in [6, 6.07) is 20.0. The lowest BCUT2D eigenvalue weighted by Crippen LogP contribution is -2.11. The van der Waals surface area contributed by atoms with Crippen molar-refractivity contribution < 1.29 is 18.7 Å². The molecule has 0 spiro atoms. The molecule has 26 heavy (non-hydrogen) atoms. The van der Waals surface area contributed by atoms with E-state index < -0.39 is 5.97 Å². The zero-order valence-corrected chi connectivity index (χ0v) is 14.0. The lowest BCUT2D eigenvalue weighted by atomic mass is 10.1. The number of hydrogen-bond acceptors (Lipinski definition) is 4. The van der Waals surface area contributed by atoms with Crippen molar-refractivity contribution in [3.8, 4) is 0 Å². The number of rotatable bonds is 3. The minimum atomic E-state index is -0.424. The van der Waals surface area contributed by atoms with E-state index in [1.807, 2.05) is 36.4 Å². The Morgan fingerprint density at radius 2 is 1.69 bits per heavy atom. The quantitative estimate of drug-likeness (QED) is 0.550. The van der Waals surface area contributed by atoms with Crippen molar-refractivity contribution in [2.24, 2.45) is 0 Å². The monoisotopic (exact) mass is 345 g/mol. The summed E-state index contributed by atoms with van der Waals surface area (Å²) < 4.78 is 10.4. The summed E-state index contributed by atoms with van der Waals surface area (Å²) in [7, 11) is 1.32. The second-order valence-corrected chi connectivity index (χ2v) is 5.83. The van der Waals surface area contributed by atoms with Gasteiger partial charge in [0, 0.05) is 11.1 Å². The molecule has 1 N–H and O–H groups in total. The van der Waals surface area contributed by atoms with Crippen molar-refractivity contribution in [1.82, 2.24) is 0 Å². The van der Waals surface area contributed by atoms with Crippen LogP contribution in [0.1, 0.15) is 20.9 Å². The Balaban J connectivity index is 1.62. The third kappa shape index (κ3) is 2.80. The van der Waals surface area contributed by atoms with Crippen LogP contribution in [0.2, 0.25) is 0 Å². The Bertz CT molecular complexity index is 1130. The molecule has 1 heterocycles. The molecule has 128 valence electrons. The molecule has 3 aromatic carbocycles. The second-order valence-electron chi connectivity index (χ2n) is 5.83. The van der Waals surface area contributed by atoms with E-state index in [1.165, 1.54) is 7.11 Å². The van der Waals surface area contributed by atoms with Crippen LogP contribution in [0.15, 0.2) is 71.1 Å². The molecule has 0 aliphatic heterocycles. The molecule has 0 saturated carbocycles. The highest BCUT2D eigenvalue weighted by Crippen LogP contribution is 2.28.